The molecule has 1 amide bonds. The first kappa shape index (κ1) is 14.2. The highest BCUT2D eigenvalue weighted by molar-refractivity contribution is 5.91. The molecule has 0 bridgehead atoms. The molecule has 2 rings (SSSR count). The van der Waals surface area contributed by atoms with Crippen molar-refractivity contribution in [2.75, 3.05) is 6.54 Å². The van der Waals surface area contributed by atoms with Crippen LogP contribution in [0.1, 0.15) is 57.8 Å². The van der Waals surface area contributed by atoms with Crippen molar-refractivity contribution in [3.8, 4) is 0 Å². The molecular formula is C14H25N3O2. The number of carbonyl (C=O) groups excluding carboxylic acids is 1. The normalized spacial score (nSPS) is 27.1. The number of hydrogen-bond donors (Lipinski definition) is 2. The molecule has 1 aliphatic heterocycles. The van der Waals surface area contributed by atoms with E-state index in [1.807, 2.05) is 4.90 Å². The fourth-order valence-corrected chi connectivity index (χ4v) is 3.34. The largest absolute Gasteiger partial charge is 0.409 e. The van der Waals surface area contributed by atoms with Gasteiger partial charge < -0.3 is 15.8 Å². The Hall–Kier alpha value is -1.26. The SMILES string of the molecule is NC(=NO)C1CCCN1C(=O)C1CCCCCCC1. The highest BCUT2D eigenvalue weighted by atomic mass is 16.4. The zero-order valence-corrected chi connectivity index (χ0v) is 11.6. The summed E-state index contributed by atoms with van der Waals surface area (Å²) < 4.78 is 0. The van der Waals surface area contributed by atoms with Crippen molar-refractivity contribution in [1.82, 2.24) is 4.90 Å². The van der Waals surface area contributed by atoms with Crippen LogP contribution in [0.15, 0.2) is 5.16 Å². The summed E-state index contributed by atoms with van der Waals surface area (Å²) in [4.78, 5) is 14.5. The molecule has 3 N–H and O–H groups in total. The first-order valence-corrected chi connectivity index (χ1v) is 7.52. The van der Waals surface area contributed by atoms with Crippen LogP contribution in [0.2, 0.25) is 0 Å². The summed E-state index contributed by atoms with van der Waals surface area (Å²) in [6.07, 6.45) is 9.85. The standard InChI is InChI=1S/C14H25N3O2/c15-13(16-19)12-9-6-10-17(12)14(18)11-7-4-2-1-3-5-8-11/h11-12,19H,1-10H2,(H2,15,16). The minimum Gasteiger partial charge on any atom is -0.409 e. The van der Waals surface area contributed by atoms with Gasteiger partial charge >= 0.3 is 0 Å². The fourth-order valence-electron chi connectivity index (χ4n) is 3.34. The Bertz CT molecular complexity index is 336. The number of carbonyl (C=O) groups is 1. The molecular weight excluding hydrogens is 242 g/mol. The van der Waals surface area contributed by atoms with E-state index in [-0.39, 0.29) is 23.7 Å². The van der Waals surface area contributed by atoms with Crippen LogP contribution >= 0.6 is 0 Å². The topological polar surface area (TPSA) is 78.9 Å². The summed E-state index contributed by atoms with van der Waals surface area (Å²) in [6.45, 7) is 0.746. The number of likely N-dealkylation sites (tertiary alicyclic amines) is 1. The molecule has 1 saturated carbocycles. The van der Waals surface area contributed by atoms with Gasteiger partial charge in [-0.15, -0.1) is 0 Å². The molecule has 0 aromatic rings. The quantitative estimate of drug-likeness (QED) is 0.348. The Balaban J connectivity index is 2.00. The lowest BCUT2D eigenvalue weighted by Gasteiger charge is -2.29. The Morgan fingerprint density at radius 1 is 1.05 bits per heavy atom. The summed E-state index contributed by atoms with van der Waals surface area (Å²) >= 11 is 0. The molecule has 0 radical (unpaired) electrons. The molecule has 2 fully saturated rings. The number of oxime groups is 1. The van der Waals surface area contributed by atoms with E-state index in [2.05, 4.69) is 5.16 Å². The molecule has 0 aromatic carbocycles. The molecule has 1 unspecified atom stereocenters. The molecule has 108 valence electrons. The van der Waals surface area contributed by atoms with Gasteiger partial charge in [0.2, 0.25) is 5.91 Å². The number of nitrogens with zero attached hydrogens (tertiary/aromatic N) is 2. The Kier molecular flexibility index (Phi) is 5.05. The molecule has 1 saturated heterocycles. The van der Waals surface area contributed by atoms with Crippen molar-refractivity contribution < 1.29 is 10.0 Å². The summed E-state index contributed by atoms with van der Waals surface area (Å²) in [5.74, 6) is 0.542. The van der Waals surface area contributed by atoms with Crippen molar-refractivity contribution in [1.29, 1.82) is 0 Å². The van der Waals surface area contributed by atoms with Gasteiger partial charge in [-0.1, -0.05) is 37.3 Å². The first-order chi connectivity index (χ1) is 9.24. The molecule has 2 aliphatic rings. The van der Waals surface area contributed by atoms with Gasteiger partial charge in [0.1, 0.15) is 0 Å². The van der Waals surface area contributed by atoms with E-state index in [9.17, 15) is 4.79 Å². The molecule has 1 aliphatic carbocycles. The Morgan fingerprint density at radius 3 is 2.32 bits per heavy atom. The number of nitrogens with two attached hydrogens (primary N) is 1. The lowest BCUT2D eigenvalue weighted by atomic mass is 9.90. The molecule has 1 heterocycles. The highest BCUT2D eigenvalue weighted by Crippen LogP contribution is 2.27. The summed E-state index contributed by atoms with van der Waals surface area (Å²) in [5, 5.41) is 11.9. The zero-order valence-electron chi connectivity index (χ0n) is 11.6. The first-order valence-electron chi connectivity index (χ1n) is 7.52. The number of amidine groups is 1. The Morgan fingerprint density at radius 2 is 1.68 bits per heavy atom. The van der Waals surface area contributed by atoms with Crippen LogP contribution in [-0.2, 0) is 4.79 Å². The average molecular weight is 267 g/mol. The lowest BCUT2D eigenvalue weighted by molar-refractivity contribution is -0.136. The molecule has 5 nitrogen and oxygen atoms in total. The second-order valence-electron chi connectivity index (χ2n) is 5.76. The van der Waals surface area contributed by atoms with Crippen molar-refractivity contribution in [3.63, 3.8) is 0 Å². The summed E-state index contributed by atoms with van der Waals surface area (Å²) in [5.41, 5.74) is 5.70. The second kappa shape index (κ2) is 6.78. The van der Waals surface area contributed by atoms with E-state index >= 15 is 0 Å². The van der Waals surface area contributed by atoms with E-state index in [1.54, 1.807) is 0 Å². The molecule has 0 aromatic heterocycles. The van der Waals surface area contributed by atoms with Crippen LogP contribution in [0.4, 0.5) is 0 Å². The maximum absolute atomic E-state index is 12.6. The van der Waals surface area contributed by atoms with Crippen LogP contribution in [0, 0.1) is 5.92 Å². The maximum Gasteiger partial charge on any atom is 0.226 e. The van der Waals surface area contributed by atoms with Gasteiger partial charge in [0.15, 0.2) is 5.84 Å². The molecule has 19 heavy (non-hydrogen) atoms. The van der Waals surface area contributed by atoms with Crippen LogP contribution in [0.3, 0.4) is 0 Å². The van der Waals surface area contributed by atoms with Gasteiger partial charge in [-0.05, 0) is 25.7 Å². The van der Waals surface area contributed by atoms with Gasteiger partial charge in [0.25, 0.3) is 0 Å². The van der Waals surface area contributed by atoms with Crippen LogP contribution in [-0.4, -0.2) is 34.4 Å². The summed E-state index contributed by atoms with van der Waals surface area (Å²) in [7, 11) is 0. The van der Waals surface area contributed by atoms with Crippen molar-refractivity contribution >= 4 is 11.7 Å². The van der Waals surface area contributed by atoms with Crippen LogP contribution in [0.5, 0.6) is 0 Å². The predicted molar refractivity (Wildman–Crippen MR) is 74.0 cm³/mol. The maximum atomic E-state index is 12.6. The van der Waals surface area contributed by atoms with Crippen LogP contribution in [0.25, 0.3) is 0 Å². The van der Waals surface area contributed by atoms with Gasteiger partial charge in [-0.2, -0.15) is 0 Å². The van der Waals surface area contributed by atoms with Gasteiger partial charge in [0.05, 0.1) is 6.04 Å². The molecule has 1 atom stereocenters. The fraction of sp³-hybridized carbons (Fsp3) is 0.857. The third kappa shape index (κ3) is 3.39. The molecule has 5 heteroatoms. The number of hydrogen-bond acceptors (Lipinski definition) is 3. The third-order valence-electron chi connectivity index (χ3n) is 4.45. The van der Waals surface area contributed by atoms with E-state index in [1.165, 1.54) is 19.3 Å². The van der Waals surface area contributed by atoms with Crippen molar-refractivity contribution in [3.05, 3.63) is 0 Å². The van der Waals surface area contributed by atoms with Crippen LogP contribution < -0.4 is 5.73 Å². The Labute approximate surface area is 114 Å². The summed E-state index contributed by atoms with van der Waals surface area (Å²) in [6, 6.07) is -0.192. The predicted octanol–water partition coefficient (Wildman–Crippen LogP) is 2.08. The number of amides is 1. The van der Waals surface area contributed by atoms with Gasteiger partial charge in [0, 0.05) is 12.5 Å². The van der Waals surface area contributed by atoms with E-state index in [0.29, 0.717) is 0 Å². The minimum absolute atomic E-state index is 0.146. The van der Waals surface area contributed by atoms with E-state index in [4.69, 9.17) is 10.9 Å². The average Bonchev–Trinajstić information content (AvgIpc) is 2.86. The third-order valence-corrected chi connectivity index (χ3v) is 4.45. The zero-order chi connectivity index (χ0) is 13.7. The number of rotatable bonds is 2. The highest BCUT2D eigenvalue weighted by Gasteiger charge is 2.35. The minimum atomic E-state index is -0.192. The van der Waals surface area contributed by atoms with Crippen molar-refractivity contribution in [2.45, 2.75) is 63.8 Å². The smallest absolute Gasteiger partial charge is 0.226 e. The van der Waals surface area contributed by atoms with E-state index in [0.717, 1.165) is 45.1 Å². The van der Waals surface area contributed by atoms with E-state index < -0.39 is 0 Å². The van der Waals surface area contributed by atoms with Crippen molar-refractivity contribution in [2.24, 2.45) is 16.8 Å². The van der Waals surface area contributed by atoms with Gasteiger partial charge in [-0.25, -0.2) is 0 Å². The monoisotopic (exact) mass is 267 g/mol. The molecule has 0 spiro atoms. The second-order valence-corrected chi connectivity index (χ2v) is 5.76. The van der Waals surface area contributed by atoms with Gasteiger partial charge in [-0.3, -0.25) is 4.79 Å². The lowest BCUT2D eigenvalue weighted by Crippen LogP contribution is -2.46.